The molecule has 3 heterocycles. The number of halogens is 8. The molecule has 0 unspecified atom stereocenters. The van der Waals surface area contributed by atoms with E-state index in [-0.39, 0.29) is 43.8 Å². The first-order valence-corrected chi connectivity index (χ1v) is 15.7. The van der Waals surface area contributed by atoms with Crippen LogP contribution in [0.2, 0.25) is 0 Å². The minimum Gasteiger partial charge on any atom is -0.467 e. The summed E-state index contributed by atoms with van der Waals surface area (Å²) in [5, 5.41) is 2.24. The largest absolute Gasteiger partial charge is 0.467 e. The zero-order valence-electron chi connectivity index (χ0n) is 27.9. The molecule has 2 aromatic carbocycles. The van der Waals surface area contributed by atoms with Gasteiger partial charge in [0.05, 0.1) is 31.5 Å². The summed E-state index contributed by atoms with van der Waals surface area (Å²) >= 11 is 0. The predicted molar refractivity (Wildman–Crippen MR) is 168 cm³/mol. The number of esters is 1. The third-order valence-corrected chi connectivity index (χ3v) is 9.25. The lowest BCUT2D eigenvalue weighted by molar-refractivity contribution is -0.167. The number of methoxy groups -OCH3 is 1. The number of likely N-dealkylation sites (N-methyl/N-ethyl adjacent to an activating group) is 1. The molecule has 2 atom stereocenters. The number of carbonyl (C=O) groups excluding carboxylic acids is 2. The van der Waals surface area contributed by atoms with Gasteiger partial charge in [0.1, 0.15) is 29.3 Å². The Balaban J connectivity index is 1.50. The normalized spacial score (nSPS) is 17.6. The number of hydrogen-bond donors (Lipinski definition) is 1. The Kier molecular flexibility index (Phi) is 10.5. The number of nitrogens with one attached hydrogen (secondary N) is 1. The van der Waals surface area contributed by atoms with E-state index in [1.54, 1.807) is 7.05 Å². The van der Waals surface area contributed by atoms with E-state index in [1.165, 1.54) is 26.1 Å². The van der Waals surface area contributed by atoms with Gasteiger partial charge in [-0.2, -0.15) is 26.3 Å². The Bertz CT molecular complexity index is 1890. The van der Waals surface area contributed by atoms with Crippen molar-refractivity contribution in [3.05, 3.63) is 85.8 Å². The van der Waals surface area contributed by atoms with E-state index in [2.05, 4.69) is 5.32 Å². The van der Waals surface area contributed by atoms with Crippen LogP contribution in [0.15, 0.2) is 35.1 Å². The van der Waals surface area contributed by atoms with E-state index in [1.807, 2.05) is 4.90 Å². The first kappa shape index (κ1) is 37.7. The van der Waals surface area contributed by atoms with E-state index >= 15 is 8.78 Å². The third kappa shape index (κ3) is 7.59. The fourth-order valence-electron chi connectivity index (χ4n) is 6.52. The number of pyridine rings is 1. The van der Waals surface area contributed by atoms with E-state index in [0.717, 1.165) is 22.6 Å². The molecule has 1 fully saturated rings. The van der Waals surface area contributed by atoms with Crippen molar-refractivity contribution in [2.45, 2.75) is 50.7 Å². The van der Waals surface area contributed by atoms with E-state index < -0.39 is 82.5 Å². The van der Waals surface area contributed by atoms with Crippen LogP contribution in [0.1, 0.15) is 38.3 Å². The highest BCUT2D eigenvalue weighted by Crippen LogP contribution is 2.40. The van der Waals surface area contributed by atoms with E-state index in [9.17, 15) is 40.7 Å². The molecule has 0 bridgehead atoms. The first-order valence-electron chi connectivity index (χ1n) is 15.7. The van der Waals surface area contributed by atoms with Crippen molar-refractivity contribution in [2.24, 2.45) is 7.05 Å². The molecule has 0 spiro atoms. The number of amides is 1. The van der Waals surface area contributed by atoms with Crippen molar-refractivity contribution in [3.8, 4) is 11.1 Å². The Morgan fingerprint density at radius 1 is 1.02 bits per heavy atom. The van der Waals surface area contributed by atoms with Gasteiger partial charge in [-0.1, -0.05) is 12.1 Å². The van der Waals surface area contributed by atoms with Crippen molar-refractivity contribution in [2.75, 3.05) is 45.4 Å². The Morgan fingerprint density at radius 2 is 1.69 bits per heavy atom. The highest BCUT2D eigenvalue weighted by Gasteiger charge is 2.46. The molecule has 17 heteroatoms. The predicted octanol–water partition coefficient (Wildman–Crippen LogP) is 4.93. The van der Waals surface area contributed by atoms with Gasteiger partial charge in [0.25, 0.3) is 11.5 Å². The van der Waals surface area contributed by atoms with Crippen LogP contribution < -0.4 is 15.8 Å². The number of morpholine rings is 1. The van der Waals surface area contributed by atoms with Crippen LogP contribution in [0.25, 0.3) is 11.1 Å². The molecule has 51 heavy (non-hydrogen) atoms. The van der Waals surface area contributed by atoms with Gasteiger partial charge in [0.15, 0.2) is 0 Å². The van der Waals surface area contributed by atoms with Gasteiger partial charge in [-0.05, 0) is 60.8 Å². The van der Waals surface area contributed by atoms with Crippen molar-refractivity contribution in [1.82, 2.24) is 14.8 Å². The molecule has 1 N–H and O–H groups in total. The molecule has 0 radical (unpaired) electrons. The molecule has 2 aliphatic rings. The summed E-state index contributed by atoms with van der Waals surface area (Å²) in [6.07, 6.45) is -9.72. The second-order valence-electron chi connectivity index (χ2n) is 12.5. The molecule has 0 saturated carbocycles. The number of aryl methyl sites for hydroxylation is 1. The molecular formula is C34H34F8N4O5. The average molecular weight is 731 g/mol. The quantitative estimate of drug-likeness (QED) is 0.273. The van der Waals surface area contributed by atoms with Gasteiger partial charge >= 0.3 is 18.3 Å². The molecule has 2 aliphatic heterocycles. The van der Waals surface area contributed by atoms with Crippen molar-refractivity contribution in [3.63, 3.8) is 0 Å². The summed E-state index contributed by atoms with van der Waals surface area (Å²) < 4.78 is 125. The Labute approximate surface area is 286 Å². The number of fused-ring (bicyclic) bond motifs is 1. The monoisotopic (exact) mass is 730 g/mol. The van der Waals surface area contributed by atoms with Crippen LogP contribution in [-0.4, -0.2) is 80.1 Å². The third-order valence-electron chi connectivity index (χ3n) is 9.25. The molecule has 1 saturated heterocycles. The van der Waals surface area contributed by atoms with Gasteiger partial charge in [0.2, 0.25) is 0 Å². The average Bonchev–Trinajstić information content (AvgIpc) is 3.05. The van der Waals surface area contributed by atoms with Crippen LogP contribution in [0.4, 0.5) is 40.8 Å². The van der Waals surface area contributed by atoms with Gasteiger partial charge in [-0.25, -0.2) is 13.6 Å². The summed E-state index contributed by atoms with van der Waals surface area (Å²) in [7, 11) is 4.13. The minimum absolute atomic E-state index is 0.0608. The summed E-state index contributed by atoms with van der Waals surface area (Å²) in [6.45, 7) is 0.782. The van der Waals surface area contributed by atoms with Crippen LogP contribution >= 0.6 is 0 Å². The molecular weight excluding hydrogens is 696 g/mol. The second kappa shape index (κ2) is 14.3. The number of ether oxygens (including phenoxy) is 2. The number of aromatic nitrogens is 1. The summed E-state index contributed by atoms with van der Waals surface area (Å²) in [6, 6.07) is 1.10. The number of carbonyl (C=O) groups is 2. The van der Waals surface area contributed by atoms with Crippen LogP contribution in [0.5, 0.6) is 0 Å². The summed E-state index contributed by atoms with van der Waals surface area (Å²) in [5.74, 6) is -5.39. The van der Waals surface area contributed by atoms with E-state index in [4.69, 9.17) is 9.47 Å². The van der Waals surface area contributed by atoms with Gasteiger partial charge < -0.3 is 29.2 Å². The van der Waals surface area contributed by atoms with Crippen LogP contribution in [-0.2, 0) is 46.9 Å². The molecule has 0 aliphatic carbocycles. The maximum Gasteiger partial charge on any atom is 0.417 e. The molecule has 276 valence electrons. The number of anilines is 1. The molecule has 1 aromatic heterocycles. The number of alkyl halides is 6. The van der Waals surface area contributed by atoms with Crippen molar-refractivity contribution >= 4 is 17.6 Å². The van der Waals surface area contributed by atoms with Crippen molar-refractivity contribution in [1.29, 1.82) is 0 Å². The smallest absolute Gasteiger partial charge is 0.417 e. The molecule has 5 rings (SSSR count). The lowest BCUT2D eigenvalue weighted by atomic mass is 9.85. The van der Waals surface area contributed by atoms with Crippen molar-refractivity contribution < 1.29 is 54.2 Å². The fraction of sp³-hybridized carbons (Fsp3) is 0.441. The Morgan fingerprint density at radius 3 is 2.29 bits per heavy atom. The zero-order chi connectivity index (χ0) is 37.6. The number of benzene rings is 2. The highest BCUT2D eigenvalue weighted by molar-refractivity contribution is 5.97. The number of hydrogen-bond acceptors (Lipinski definition) is 7. The molecule has 3 aromatic rings. The lowest BCUT2D eigenvalue weighted by Gasteiger charge is -2.38. The Hall–Kier alpha value is -4.51. The minimum atomic E-state index is -4.85. The summed E-state index contributed by atoms with van der Waals surface area (Å²) in [4.78, 5) is 42.1. The maximum atomic E-state index is 15.3. The fourth-order valence-corrected chi connectivity index (χ4v) is 6.52. The summed E-state index contributed by atoms with van der Waals surface area (Å²) in [5.41, 5.74) is -2.64. The lowest BCUT2D eigenvalue weighted by Crippen LogP contribution is -2.53. The SMILES string of the molecule is COC(=O)[C@H](Cc1ccc(-c2c(C(F)(F)F)cc(C)n(C)c2=O)c2c1CN(C)CC2)NC(=O)c1c(F)cc(N2CCOC[C@@H]2C(F)(F)F)cc1F. The maximum absolute atomic E-state index is 15.3. The molecule has 9 nitrogen and oxygen atoms in total. The first-order chi connectivity index (χ1) is 23.8. The molecule has 1 amide bonds. The van der Waals surface area contributed by atoms with Crippen LogP contribution in [0.3, 0.4) is 0 Å². The standard InChI is InChI=1S/C34H34F8N4O5/c1-17-11-23(33(37,38)39)28(31(48)45(17)3)21-6-5-18(22-15-44(2)8-7-20(21)22)12-26(32(49)50-4)43-30(47)29-24(35)13-19(14-25(29)36)46-9-10-51-16-27(46)34(40,41)42/h5-6,11,13-14,26-27H,7-10,12,15-16H2,1-4H3,(H,43,47)/t26-,27+/m0/s1. The van der Waals surface area contributed by atoms with Gasteiger partial charge in [-0.3, -0.25) is 9.59 Å². The second-order valence-corrected chi connectivity index (χ2v) is 12.5. The highest BCUT2D eigenvalue weighted by atomic mass is 19.4. The topological polar surface area (TPSA) is 93.1 Å². The number of rotatable bonds is 7. The van der Waals surface area contributed by atoms with Crippen LogP contribution in [0, 0.1) is 18.6 Å². The van der Waals surface area contributed by atoms with Gasteiger partial charge in [0, 0.05) is 44.5 Å². The van der Waals surface area contributed by atoms with Gasteiger partial charge in [-0.15, -0.1) is 0 Å². The zero-order valence-corrected chi connectivity index (χ0v) is 27.9. The van der Waals surface area contributed by atoms with E-state index in [0.29, 0.717) is 35.4 Å². The number of nitrogens with zero attached hydrogens (tertiary/aromatic N) is 3.